The molecule has 1 saturated heterocycles. The minimum atomic E-state index is -4.33. The van der Waals surface area contributed by atoms with Crippen molar-refractivity contribution in [2.24, 2.45) is 0 Å². The van der Waals surface area contributed by atoms with Crippen LogP contribution < -0.4 is 15.3 Å². The van der Waals surface area contributed by atoms with E-state index >= 15 is 0 Å². The van der Waals surface area contributed by atoms with Gasteiger partial charge in [0.1, 0.15) is 30.7 Å². The van der Waals surface area contributed by atoms with Gasteiger partial charge in [-0.25, -0.2) is 9.55 Å². The molecule has 2 aromatic heterocycles. The van der Waals surface area contributed by atoms with E-state index in [1.807, 2.05) is 0 Å². The summed E-state index contributed by atoms with van der Waals surface area (Å²) in [5.41, 5.74) is 4.15. The number of carbonyl (C=O) groups is 1. The molecule has 15 heteroatoms. The van der Waals surface area contributed by atoms with E-state index < -0.39 is 50.4 Å². The van der Waals surface area contributed by atoms with Crippen LogP contribution in [-0.2, 0) is 23.4 Å². The number of aliphatic hydroxyl groups excluding tert-OH is 1. The summed E-state index contributed by atoms with van der Waals surface area (Å²) in [5, 5.41) is 13.7. The Morgan fingerprint density at radius 1 is 1.14 bits per heavy atom. The van der Waals surface area contributed by atoms with Crippen molar-refractivity contribution in [3.63, 3.8) is 0 Å². The molecule has 1 aromatic carbocycles. The van der Waals surface area contributed by atoms with Crippen LogP contribution in [0.1, 0.15) is 104 Å². The molecule has 274 valence electrons. The van der Waals surface area contributed by atoms with Gasteiger partial charge in [-0.05, 0) is 25.5 Å². The summed E-state index contributed by atoms with van der Waals surface area (Å²) < 4.78 is 52.5. The highest BCUT2D eigenvalue weighted by Crippen LogP contribution is 2.48. The van der Waals surface area contributed by atoms with Gasteiger partial charge in [0.15, 0.2) is 22.6 Å². The first-order valence-corrected chi connectivity index (χ1v) is 19.1. The third-order valence-electron chi connectivity index (χ3n) is 8.65. The third kappa shape index (κ3) is 10.9. The van der Waals surface area contributed by atoms with Crippen molar-refractivity contribution in [1.29, 1.82) is 0 Å². The Morgan fingerprint density at radius 3 is 2.42 bits per heavy atom. The summed E-state index contributed by atoms with van der Waals surface area (Å²) in [6.07, 6.45) is 18.0. The fourth-order valence-electron chi connectivity index (χ4n) is 5.77. The molecule has 50 heavy (non-hydrogen) atoms. The Balaban J connectivity index is 1.30. The van der Waals surface area contributed by atoms with Crippen LogP contribution in [-0.4, -0.2) is 61.6 Å². The number of imidazole rings is 1. The number of hydrogen-bond acceptors (Lipinski definition) is 11. The first kappa shape index (κ1) is 39.2. The fraction of sp³-hybridized carbons (Fsp3) is 0.600. The number of ether oxygens (including phenoxy) is 2. The molecule has 13 nitrogen and oxygen atoms in total. The van der Waals surface area contributed by atoms with Crippen molar-refractivity contribution in [3.05, 3.63) is 42.7 Å². The standard InChI is InChI=1S/C35H50FN6O7P/c1-4-6-7-8-9-10-11-12-13-14-15-19-22-46-33(44)26(3)41-50(45,49-27-20-17-16-18-21-27)47-24-35(5-2)28(43)23-29(48-35)42-25-38-30-31(37)39-34(36)40-32(30)42/h2,16-18,20-21,25-26,28-29,43H,4,6-15,19,22-24H2,1,3H3,(H,41,45)(H2,37,39,40)/t26-,28-,29+,35+,50+/m0/s1. The summed E-state index contributed by atoms with van der Waals surface area (Å²) >= 11 is 0. The maximum absolute atomic E-state index is 14.1. The zero-order chi connectivity index (χ0) is 36.0. The first-order chi connectivity index (χ1) is 24.1. The number of benzene rings is 1. The van der Waals surface area contributed by atoms with E-state index in [-0.39, 0.29) is 35.8 Å². The molecule has 3 aromatic rings. The van der Waals surface area contributed by atoms with E-state index in [1.165, 1.54) is 69.2 Å². The quantitative estimate of drug-likeness (QED) is 0.0334. The van der Waals surface area contributed by atoms with Crippen LogP contribution in [0.5, 0.6) is 5.75 Å². The van der Waals surface area contributed by atoms with Crippen LogP contribution in [0.25, 0.3) is 11.2 Å². The van der Waals surface area contributed by atoms with Gasteiger partial charge >= 0.3 is 19.8 Å². The number of terminal acetylenes is 1. The Labute approximate surface area is 293 Å². The van der Waals surface area contributed by atoms with Crippen LogP contribution in [0.4, 0.5) is 10.2 Å². The van der Waals surface area contributed by atoms with Gasteiger partial charge in [0.05, 0.1) is 12.9 Å². The lowest BCUT2D eigenvalue weighted by molar-refractivity contribution is -0.145. The number of carbonyl (C=O) groups excluding carboxylic acids is 1. The molecule has 1 fully saturated rings. The molecular formula is C35H50FN6O7P. The number of hydrogen-bond donors (Lipinski definition) is 3. The van der Waals surface area contributed by atoms with E-state index in [0.29, 0.717) is 0 Å². The number of unbranched alkanes of at least 4 members (excludes halogenated alkanes) is 11. The average Bonchev–Trinajstić information content (AvgIpc) is 3.67. The molecule has 0 unspecified atom stereocenters. The van der Waals surface area contributed by atoms with Gasteiger partial charge in [0.25, 0.3) is 0 Å². The van der Waals surface area contributed by atoms with Gasteiger partial charge < -0.3 is 24.8 Å². The predicted octanol–water partition coefficient (Wildman–Crippen LogP) is 6.63. The number of rotatable bonds is 22. The lowest BCUT2D eigenvalue weighted by Crippen LogP contribution is -2.43. The predicted molar refractivity (Wildman–Crippen MR) is 187 cm³/mol. The van der Waals surface area contributed by atoms with E-state index in [9.17, 15) is 18.9 Å². The number of para-hydroxylation sites is 1. The molecule has 0 radical (unpaired) electrons. The van der Waals surface area contributed by atoms with E-state index in [0.717, 1.165) is 25.7 Å². The Kier molecular flexibility index (Phi) is 15.0. The van der Waals surface area contributed by atoms with Crippen molar-refractivity contribution >= 4 is 30.7 Å². The first-order valence-electron chi connectivity index (χ1n) is 17.5. The van der Waals surface area contributed by atoms with Crippen molar-refractivity contribution in [2.75, 3.05) is 18.9 Å². The van der Waals surface area contributed by atoms with Gasteiger partial charge in [-0.1, -0.05) is 102 Å². The number of anilines is 1. The Bertz CT molecular complexity index is 1610. The van der Waals surface area contributed by atoms with E-state index in [2.05, 4.69) is 32.9 Å². The van der Waals surface area contributed by atoms with Crippen molar-refractivity contribution < 1.29 is 37.4 Å². The molecule has 0 aliphatic carbocycles. The average molecular weight is 717 g/mol. The number of nitrogens with two attached hydrogens (primary N) is 1. The molecule has 4 rings (SSSR count). The number of esters is 1. The molecule has 1 aliphatic heterocycles. The highest BCUT2D eigenvalue weighted by Gasteiger charge is 2.50. The molecule has 0 amide bonds. The largest absolute Gasteiger partial charge is 0.465 e. The van der Waals surface area contributed by atoms with Crippen LogP contribution >= 0.6 is 7.75 Å². The number of fused-ring (bicyclic) bond motifs is 1. The van der Waals surface area contributed by atoms with Gasteiger partial charge in [0, 0.05) is 6.42 Å². The molecule has 0 bridgehead atoms. The van der Waals surface area contributed by atoms with Crippen LogP contribution in [0.2, 0.25) is 0 Å². The maximum atomic E-state index is 14.1. The number of aromatic nitrogens is 4. The van der Waals surface area contributed by atoms with E-state index in [1.54, 1.807) is 30.3 Å². The molecular weight excluding hydrogens is 666 g/mol. The van der Waals surface area contributed by atoms with Crippen LogP contribution in [0.15, 0.2) is 36.7 Å². The third-order valence-corrected chi connectivity index (χ3v) is 10.3. The number of nitrogens with one attached hydrogen (secondary N) is 1. The molecule has 4 N–H and O–H groups in total. The highest BCUT2D eigenvalue weighted by atomic mass is 31.2. The summed E-state index contributed by atoms with van der Waals surface area (Å²) in [6, 6.07) is 7.17. The molecule has 5 atom stereocenters. The minimum Gasteiger partial charge on any atom is -0.465 e. The Hall–Kier alpha value is -3.60. The normalized spacial score (nSPS) is 20.7. The number of aliphatic hydroxyl groups is 1. The zero-order valence-electron chi connectivity index (χ0n) is 29.0. The number of halogens is 1. The topological polar surface area (TPSA) is 173 Å². The monoisotopic (exact) mass is 716 g/mol. The Morgan fingerprint density at radius 2 is 1.78 bits per heavy atom. The van der Waals surface area contributed by atoms with E-state index in [4.69, 9.17) is 30.7 Å². The van der Waals surface area contributed by atoms with Crippen LogP contribution in [0.3, 0.4) is 0 Å². The van der Waals surface area contributed by atoms with Crippen LogP contribution in [0, 0.1) is 18.4 Å². The zero-order valence-corrected chi connectivity index (χ0v) is 29.9. The van der Waals surface area contributed by atoms with Gasteiger partial charge in [-0.2, -0.15) is 19.4 Å². The van der Waals surface area contributed by atoms with Gasteiger partial charge in [0.2, 0.25) is 0 Å². The SMILES string of the molecule is C#C[C@]1(CO[P@](=O)(N[C@@H](C)C(=O)OCCCCCCCCCCCCCC)Oc2ccccc2)O[C@@H](n2cnc3c(N)nc(F)nc32)C[C@@H]1O. The fourth-order valence-corrected chi connectivity index (χ4v) is 7.29. The second-order valence-electron chi connectivity index (χ2n) is 12.6. The highest BCUT2D eigenvalue weighted by molar-refractivity contribution is 7.52. The second kappa shape index (κ2) is 19.1. The summed E-state index contributed by atoms with van der Waals surface area (Å²) in [5.74, 6) is 1.82. The summed E-state index contributed by atoms with van der Waals surface area (Å²) in [4.78, 5) is 24.2. The maximum Gasteiger partial charge on any atom is 0.459 e. The van der Waals surface area contributed by atoms with Gasteiger partial charge in [-0.3, -0.25) is 13.9 Å². The lowest BCUT2D eigenvalue weighted by atomic mass is 9.99. The summed E-state index contributed by atoms with van der Waals surface area (Å²) in [6.45, 7) is 3.35. The van der Waals surface area contributed by atoms with Crippen molar-refractivity contribution in [2.45, 2.75) is 121 Å². The molecule has 0 spiro atoms. The smallest absolute Gasteiger partial charge is 0.459 e. The molecule has 0 saturated carbocycles. The van der Waals surface area contributed by atoms with Crippen molar-refractivity contribution in [3.8, 4) is 18.1 Å². The number of nitrogens with zero attached hydrogens (tertiary/aromatic N) is 4. The van der Waals surface area contributed by atoms with Crippen molar-refractivity contribution in [1.82, 2.24) is 24.6 Å². The second-order valence-corrected chi connectivity index (χ2v) is 14.3. The molecule has 3 heterocycles. The lowest BCUT2D eigenvalue weighted by Gasteiger charge is -2.29. The van der Waals surface area contributed by atoms with Gasteiger partial charge in [-0.15, -0.1) is 6.42 Å². The summed E-state index contributed by atoms with van der Waals surface area (Å²) in [7, 11) is -4.33. The number of nitrogen functional groups attached to an aromatic ring is 1. The minimum absolute atomic E-state index is 0.0384. The molecule has 1 aliphatic rings.